The second-order valence-corrected chi connectivity index (χ2v) is 6.56. The molecule has 29 heavy (non-hydrogen) atoms. The highest BCUT2D eigenvalue weighted by Gasteiger charge is 2.22. The third kappa shape index (κ3) is 4.72. The highest BCUT2D eigenvalue weighted by Crippen LogP contribution is 2.32. The number of aliphatic hydroxyl groups excluding tert-OH is 1. The minimum atomic E-state index is -0.754. The number of hydrogen-bond acceptors (Lipinski definition) is 7. The van der Waals surface area contributed by atoms with Gasteiger partial charge in [0.05, 0.1) is 18.1 Å². The standard InChI is InChI=1S/C19H23N3O7/c1-9-6-14(22(26)27)15(28-5)7-13(9)21-16(24)8-29-19(25)18-10(2)17(12(4)23)11(3)20-18/h6-7,12,20,23H,8H2,1-5H3,(H,21,24)/t12-/m0/s1. The Labute approximate surface area is 167 Å². The van der Waals surface area contributed by atoms with E-state index in [1.807, 2.05) is 0 Å². The second-order valence-electron chi connectivity index (χ2n) is 6.56. The largest absolute Gasteiger partial charge is 0.490 e. The zero-order valence-corrected chi connectivity index (χ0v) is 16.8. The molecule has 2 rings (SSSR count). The molecule has 2 aromatic rings. The van der Waals surface area contributed by atoms with E-state index in [1.54, 1.807) is 27.7 Å². The van der Waals surface area contributed by atoms with Crippen molar-refractivity contribution in [3.8, 4) is 5.75 Å². The number of anilines is 1. The molecule has 0 radical (unpaired) electrons. The first-order valence-corrected chi connectivity index (χ1v) is 8.73. The minimum Gasteiger partial charge on any atom is -0.490 e. The Morgan fingerprint density at radius 3 is 2.48 bits per heavy atom. The lowest BCUT2D eigenvalue weighted by molar-refractivity contribution is -0.385. The lowest BCUT2D eigenvalue weighted by Crippen LogP contribution is -2.22. The quantitative estimate of drug-likeness (QED) is 0.365. The Morgan fingerprint density at radius 1 is 1.31 bits per heavy atom. The number of benzene rings is 1. The molecule has 0 aliphatic heterocycles. The van der Waals surface area contributed by atoms with Gasteiger partial charge in [0.1, 0.15) is 5.69 Å². The van der Waals surface area contributed by atoms with Crippen molar-refractivity contribution in [2.24, 2.45) is 0 Å². The van der Waals surface area contributed by atoms with Crippen molar-refractivity contribution in [3.05, 3.63) is 50.3 Å². The molecule has 1 aromatic heterocycles. The first-order chi connectivity index (χ1) is 13.6. The average Bonchev–Trinajstić information content (AvgIpc) is 2.95. The van der Waals surface area contributed by atoms with Gasteiger partial charge in [0, 0.05) is 29.1 Å². The Kier molecular flexibility index (Phi) is 6.60. The van der Waals surface area contributed by atoms with E-state index in [4.69, 9.17) is 9.47 Å². The molecule has 0 fully saturated rings. The van der Waals surface area contributed by atoms with Crippen LogP contribution in [0.5, 0.6) is 5.75 Å². The van der Waals surface area contributed by atoms with E-state index in [1.165, 1.54) is 19.2 Å². The van der Waals surface area contributed by atoms with Gasteiger partial charge in [-0.15, -0.1) is 0 Å². The van der Waals surface area contributed by atoms with E-state index in [0.29, 0.717) is 28.1 Å². The van der Waals surface area contributed by atoms with E-state index < -0.39 is 29.5 Å². The molecule has 0 spiro atoms. The number of aromatic amines is 1. The van der Waals surface area contributed by atoms with Crippen LogP contribution >= 0.6 is 0 Å². The first-order valence-electron chi connectivity index (χ1n) is 8.73. The summed E-state index contributed by atoms with van der Waals surface area (Å²) in [4.78, 5) is 37.8. The topological polar surface area (TPSA) is 144 Å². The number of amides is 1. The molecule has 0 aliphatic rings. The van der Waals surface area contributed by atoms with Gasteiger partial charge in [-0.25, -0.2) is 4.79 Å². The summed E-state index contributed by atoms with van der Waals surface area (Å²) in [6.07, 6.45) is -0.754. The Hall–Kier alpha value is -3.40. The SMILES string of the molecule is COc1cc(NC(=O)COC(=O)c2[nH]c(C)c([C@H](C)O)c2C)c(C)cc1[N+](=O)[O-]. The van der Waals surface area contributed by atoms with Crippen molar-refractivity contribution in [3.63, 3.8) is 0 Å². The fraction of sp³-hybridized carbons (Fsp3) is 0.368. The molecule has 1 heterocycles. The molecule has 10 heteroatoms. The van der Waals surface area contributed by atoms with E-state index in [2.05, 4.69) is 10.3 Å². The molecule has 1 atom stereocenters. The van der Waals surface area contributed by atoms with Gasteiger partial charge in [-0.3, -0.25) is 14.9 Å². The lowest BCUT2D eigenvalue weighted by Gasteiger charge is -2.11. The van der Waals surface area contributed by atoms with Crippen LogP contribution in [0.25, 0.3) is 0 Å². The number of nitro groups is 1. The number of nitrogens with zero attached hydrogens (tertiary/aromatic N) is 1. The van der Waals surface area contributed by atoms with E-state index in [9.17, 15) is 24.8 Å². The minimum absolute atomic E-state index is 0.00367. The molecular weight excluding hydrogens is 382 g/mol. The first kappa shape index (κ1) is 21.9. The summed E-state index contributed by atoms with van der Waals surface area (Å²) >= 11 is 0. The third-order valence-corrected chi connectivity index (χ3v) is 4.45. The van der Waals surface area contributed by atoms with Gasteiger partial charge >= 0.3 is 11.7 Å². The monoisotopic (exact) mass is 405 g/mol. The van der Waals surface area contributed by atoms with Crippen LogP contribution < -0.4 is 10.1 Å². The molecule has 10 nitrogen and oxygen atoms in total. The molecule has 1 amide bonds. The summed E-state index contributed by atoms with van der Waals surface area (Å²) in [6.45, 7) is 6.03. The number of aromatic nitrogens is 1. The molecule has 0 unspecified atom stereocenters. The number of hydrogen-bond donors (Lipinski definition) is 3. The van der Waals surface area contributed by atoms with Crippen molar-refractivity contribution in [1.29, 1.82) is 0 Å². The molecule has 0 saturated heterocycles. The number of methoxy groups -OCH3 is 1. The third-order valence-electron chi connectivity index (χ3n) is 4.45. The van der Waals surface area contributed by atoms with Crippen LogP contribution in [-0.4, -0.2) is 40.6 Å². The average molecular weight is 405 g/mol. The van der Waals surface area contributed by atoms with E-state index in [-0.39, 0.29) is 17.1 Å². The van der Waals surface area contributed by atoms with Crippen LogP contribution in [0.15, 0.2) is 12.1 Å². The van der Waals surface area contributed by atoms with Crippen LogP contribution in [0.4, 0.5) is 11.4 Å². The van der Waals surface area contributed by atoms with E-state index >= 15 is 0 Å². The number of rotatable bonds is 7. The van der Waals surface area contributed by atoms with Crippen LogP contribution in [-0.2, 0) is 9.53 Å². The van der Waals surface area contributed by atoms with E-state index in [0.717, 1.165) is 0 Å². The maximum atomic E-state index is 12.3. The maximum absolute atomic E-state index is 12.3. The Balaban J connectivity index is 2.08. The Bertz CT molecular complexity index is 963. The summed E-state index contributed by atoms with van der Waals surface area (Å²) in [5, 5.41) is 23.4. The van der Waals surface area contributed by atoms with Crippen molar-refractivity contribution in [2.45, 2.75) is 33.8 Å². The van der Waals surface area contributed by atoms with Crippen LogP contribution in [0.1, 0.15) is 45.9 Å². The smallest absolute Gasteiger partial charge is 0.355 e. The number of ether oxygens (including phenoxy) is 2. The normalized spacial score (nSPS) is 11.7. The van der Waals surface area contributed by atoms with Crippen LogP contribution in [0.3, 0.4) is 0 Å². The lowest BCUT2D eigenvalue weighted by atomic mass is 10.1. The van der Waals surface area contributed by atoms with Gasteiger partial charge in [0.15, 0.2) is 12.4 Å². The van der Waals surface area contributed by atoms with Crippen LogP contribution in [0, 0.1) is 30.9 Å². The summed E-state index contributed by atoms with van der Waals surface area (Å²) in [7, 11) is 1.28. The van der Waals surface area contributed by atoms with Gasteiger partial charge in [0.2, 0.25) is 0 Å². The number of H-pyrrole nitrogens is 1. The van der Waals surface area contributed by atoms with Crippen LogP contribution in [0.2, 0.25) is 0 Å². The van der Waals surface area contributed by atoms with Gasteiger partial charge in [-0.2, -0.15) is 0 Å². The summed E-state index contributed by atoms with van der Waals surface area (Å²) in [5.41, 5.74) is 2.50. The number of aryl methyl sites for hydroxylation is 2. The number of nitrogens with one attached hydrogen (secondary N) is 2. The predicted octanol–water partition coefficient (Wildman–Crippen LogP) is 2.71. The van der Waals surface area contributed by atoms with Gasteiger partial charge in [-0.05, 0) is 38.8 Å². The Morgan fingerprint density at radius 2 is 1.97 bits per heavy atom. The number of esters is 1. The molecular formula is C19H23N3O7. The zero-order valence-electron chi connectivity index (χ0n) is 16.8. The summed E-state index contributed by atoms with van der Waals surface area (Å²) in [5.74, 6) is -1.35. The van der Waals surface area contributed by atoms with Gasteiger partial charge < -0.3 is 24.9 Å². The summed E-state index contributed by atoms with van der Waals surface area (Å²) < 4.78 is 10.0. The number of carbonyl (C=O) groups excluding carboxylic acids is 2. The maximum Gasteiger partial charge on any atom is 0.355 e. The fourth-order valence-corrected chi connectivity index (χ4v) is 3.10. The molecule has 0 saturated carbocycles. The second kappa shape index (κ2) is 8.74. The number of aliphatic hydroxyl groups is 1. The van der Waals surface area contributed by atoms with Crippen molar-refractivity contribution < 1.29 is 29.1 Å². The van der Waals surface area contributed by atoms with Crippen molar-refractivity contribution in [1.82, 2.24) is 4.98 Å². The van der Waals surface area contributed by atoms with Crippen molar-refractivity contribution in [2.75, 3.05) is 19.0 Å². The molecule has 1 aromatic carbocycles. The highest BCUT2D eigenvalue weighted by molar-refractivity contribution is 5.96. The predicted molar refractivity (Wildman–Crippen MR) is 104 cm³/mol. The fourth-order valence-electron chi connectivity index (χ4n) is 3.10. The summed E-state index contributed by atoms with van der Waals surface area (Å²) in [6, 6.07) is 2.61. The molecule has 0 aliphatic carbocycles. The number of nitro benzene ring substituents is 1. The highest BCUT2D eigenvalue weighted by atomic mass is 16.6. The zero-order chi connectivity index (χ0) is 21.9. The van der Waals surface area contributed by atoms with Crippen molar-refractivity contribution >= 4 is 23.3 Å². The van der Waals surface area contributed by atoms with Gasteiger partial charge in [0.25, 0.3) is 5.91 Å². The molecule has 0 bridgehead atoms. The molecule has 156 valence electrons. The molecule has 3 N–H and O–H groups in total. The number of carbonyl (C=O) groups is 2. The van der Waals surface area contributed by atoms with Gasteiger partial charge in [-0.1, -0.05) is 0 Å².